The molecule has 0 atom stereocenters. The molecule has 3 nitrogen and oxygen atoms in total. The van der Waals surface area contributed by atoms with E-state index in [0.29, 0.717) is 19.3 Å². The minimum Gasteiger partial charge on any atom is -0.496 e. The van der Waals surface area contributed by atoms with Gasteiger partial charge in [0.2, 0.25) is 0 Å². The van der Waals surface area contributed by atoms with Gasteiger partial charge < -0.3 is 9.15 Å². The van der Waals surface area contributed by atoms with Crippen molar-refractivity contribution >= 4 is 5.78 Å². The van der Waals surface area contributed by atoms with Crippen molar-refractivity contribution in [3.05, 3.63) is 53.5 Å². The molecule has 3 heteroatoms. The van der Waals surface area contributed by atoms with E-state index in [2.05, 4.69) is 0 Å². The number of carbonyl (C=O) groups is 1. The van der Waals surface area contributed by atoms with E-state index >= 15 is 0 Å². The molecule has 0 radical (unpaired) electrons. The van der Waals surface area contributed by atoms with Gasteiger partial charge >= 0.3 is 0 Å². The zero-order valence-electron chi connectivity index (χ0n) is 11.3. The molecule has 2 rings (SSSR count). The number of ether oxygens (including phenoxy) is 1. The third-order valence-electron chi connectivity index (χ3n) is 3.05. The molecule has 1 aromatic heterocycles. The highest BCUT2D eigenvalue weighted by Gasteiger charge is 2.10. The lowest BCUT2D eigenvalue weighted by molar-refractivity contribution is -0.118. The Bertz CT molecular complexity index is 541. The molecule has 100 valence electrons. The van der Waals surface area contributed by atoms with Crippen LogP contribution in [0.3, 0.4) is 0 Å². The van der Waals surface area contributed by atoms with Crippen molar-refractivity contribution in [2.45, 2.75) is 26.2 Å². The molecule has 0 aliphatic rings. The number of methoxy groups -OCH3 is 1. The Kier molecular flexibility index (Phi) is 4.39. The Labute approximate surface area is 113 Å². The zero-order valence-corrected chi connectivity index (χ0v) is 11.3. The molecule has 0 unspecified atom stereocenters. The number of hydrogen-bond donors (Lipinski definition) is 0. The summed E-state index contributed by atoms with van der Waals surface area (Å²) in [7, 11) is 1.63. The molecule has 1 aromatic carbocycles. The van der Waals surface area contributed by atoms with Crippen molar-refractivity contribution < 1.29 is 13.9 Å². The Balaban J connectivity index is 1.96. The van der Waals surface area contributed by atoms with Crippen molar-refractivity contribution in [3.8, 4) is 5.75 Å². The van der Waals surface area contributed by atoms with E-state index in [4.69, 9.17) is 9.15 Å². The van der Waals surface area contributed by atoms with E-state index in [9.17, 15) is 4.79 Å². The van der Waals surface area contributed by atoms with Gasteiger partial charge in [0, 0.05) is 24.8 Å². The number of aryl methyl sites for hydroxylation is 2. The predicted molar refractivity (Wildman–Crippen MR) is 73.5 cm³/mol. The molecule has 0 fully saturated rings. The van der Waals surface area contributed by atoms with Gasteiger partial charge in [-0.25, -0.2) is 0 Å². The summed E-state index contributed by atoms with van der Waals surface area (Å²) in [5.74, 6) is 1.82. The summed E-state index contributed by atoms with van der Waals surface area (Å²) in [6, 6.07) is 9.62. The lowest BCUT2D eigenvalue weighted by Gasteiger charge is -2.08. The normalized spacial score (nSPS) is 10.4. The fourth-order valence-corrected chi connectivity index (χ4v) is 2.06. The summed E-state index contributed by atoms with van der Waals surface area (Å²) >= 11 is 0. The minimum atomic E-state index is 0.195. The number of hydrogen-bond acceptors (Lipinski definition) is 3. The highest BCUT2D eigenvalue weighted by Crippen LogP contribution is 2.21. The number of Topliss-reactive ketones (excluding diaryl/α,β-unsaturated/α-hetero) is 1. The van der Waals surface area contributed by atoms with Crippen molar-refractivity contribution in [1.82, 2.24) is 0 Å². The van der Waals surface area contributed by atoms with Crippen LogP contribution in [0.4, 0.5) is 0 Å². The van der Waals surface area contributed by atoms with Gasteiger partial charge in [-0.15, -0.1) is 0 Å². The van der Waals surface area contributed by atoms with Gasteiger partial charge in [0.1, 0.15) is 17.3 Å². The van der Waals surface area contributed by atoms with Crippen molar-refractivity contribution in [2.75, 3.05) is 7.11 Å². The first-order chi connectivity index (χ1) is 9.19. The quantitative estimate of drug-likeness (QED) is 0.797. The average Bonchev–Trinajstić information content (AvgIpc) is 2.90. The van der Waals surface area contributed by atoms with Crippen LogP contribution in [-0.2, 0) is 17.6 Å². The third-order valence-corrected chi connectivity index (χ3v) is 3.05. The second kappa shape index (κ2) is 6.23. The van der Waals surface area contributed by atoms with Crippen molar-refractivity contribution in [1.29, 1.82) is 0 Å². The van der Waals surface area contributed by atoms with Gasteiger partial charge in [-0.05, 0) is 25.1 Å². The van der Waals surface area contributed by atoms with Crippen molar-refractivity contribution in [2.24, 2.45) is 0 Å². The van der Waals surface area contributed by atoms with Crippen LogP contribution in [-0.4, -0.2) is 12.9 Å². The van der Waals surface area contributed by atoms with Crippen LogP contribution >= 0.6 is 0 Å². The molecule has 0 N–H and O–H groups in total. The number of carbonyl (C=O) groups excluding carboxylic acids is 1. The van der Waals surface area contributed by atoms with Crippen LogP contribution in [0.2, 0.25) is 0 Å². The molecular weight excluding hydrogens is 240 g/mol. The number of furan rings is 1. The maximum Gasteiger partial charge on any atom is 0.137 e. The summed E-state index contributed by atoms with van der Waals surface area (Å²) in [6.07, 6.45) is 3.18. The standard InChI is InChI=1S/C16H18O3/c1-12-5-8-16(18-2)13(10-12)11-14(17)6-7-15-4-3-9-19-15/h3-5,8-10H,6-7,11H2,1-2H3. The molecule has 0 amide bonds. The van der Waals surface area contributed by atoms with Gasteiger partial charge in [-0.1, -0.05) is 17.7 Å². The lowest BCUT2D eigenvalue weighted by atomic mass is 10.0. The molecule has 0 saturated carbocycles. The zero-order chi connectivity index (χ0) is 13.7. The summed E-state index contributed by atoms with van der Waals surface area (Å²) in [4.78, 5) is 12.0. The molecular formula is C16H18O3. The highest BCUT2D eigenvalue weighted by molar-refractivity contribution is 5.81. The smallest absolute Gasteiger partial charge is 0.137 e. The Hall–Kier alpha value is -2.03. The van der Waals surface area contributed by atoms with Gasteiger partial charge in [-0.2, -0.15) is 0 Å². The van der Waals surface area contributed by atoms with Crippen LogP contribution in [0, 0.1) is 6.92 Å². The van der Waals surface area contributed by atoms with E-state index in [0.717, 1.165) is 22.6 Å². The van der Waals surface area contributed by atoms with Gasteiger partial charge in [0.15, 0.2) is 0 Å². The molecule has 0 spiro atoms. The summed E-state index contributed by atoms with van der Waals surface area (Å²) in [5, 5.41) is 0. The fraction of sp³-hybridized carbons (Fsp3) is 0.312. The average molecular weight is 258 g/mol. The van der Waals surface area contributed by atoms with Crippen LogP contribution in [0.15, 0.2) is 41.0 Å². The van der Waals surface area contributed by atoms with Crippen LogP contribution < -0.4 is 4.74 Å². The number of benzene rings is 1. The van der Waals surface area contributed by atoms with E-state index in [1.807, 2.05) is 37.3 Å². The molecule has 19 heavy (non-hydrogen) atoms. The Morgan fingerprint density at radius 2 is 2.16 bits per heavy atom. The van der Waals surface area contributed by atoms with E-state index in [1.165, 1.54) is 0 Å². The van der Waals surface area contributed by atoms with E-state index in [-0.39, 0.29) is 5.78 Å². The number of rotatable bonds is 6. The number of ketones is 1. The van der Waals surface area contributed by atoms with E-state index in [1.54, 1.807) is 13.4 Å². The molecule has 0 saturated heterocycles. The summed E-state index contributed by atoms with van der Waals surface area (Å²) in [5.41, 5.74) is 2.08. The largest absolute Gasteiger partial charge is 0.496 e. The summed E-state index contributed by atoms with van der Waals surface area (Å²) in [6.45, 7) is 2.01. The molecule has 0 aliphatic heterocycles. The SMILES string of the molecule is COc1ccc(C)cc1CC(=O)CCc1ccco1. The lowest BCUT2D eigenvalue weighted by Crippen LogP contribution is -2.05. The molecule has 0 aliphatic carbocycles. The predicted octanol–water partition coefficient (Wildman–Crippen LogP) is 3.34. The Morgan fingerprint density at radius 1 is 1.32 bits per heavy atom. The topological polar surface area (TPSA) is 39.4 Å². The Morgan fingerprint density at radius 3 is 2.84 bits per heavy atom. The van der Waals surface area contributed by atoms with Gasteiger partial charge in [0.25, 0.3) is 0 Å². The minimum absolute atomic E-state index is 0.195. The van der Waals surface area contributed by atoms with Gasteiger partial charge in [-0.3, -0.25) is 4.79 Å². The van der Waals surface area contributed by atoms with Crippen molar-refractivity contribution in [3.63, 3.8) is 0 Å². The first-order valence-corrected chi connectivity index (χ1v) is 6.36. The monoisotopic (exact) mass is 258 g/mol. The molecule has 2 aromatic rings. The van der Waals surface area contributed by atoms with Gasteiger partial charge in [0.05, 0.1) is 13.4 Å². The first kappa shape index (κ1) is 13.4. The fourth-order valence-electron chi connectivity index (χ4n) is 2.06. The van der Waals surface area contributed by atoms with Crippen LogP contribution in [0.1, 0.15) is 23.3 Å². The maximum atomic E-state index is 12.0. The molecule has 1 heterocycles. The van der Waals surface area contributed by atoms with Crippen LogP contribution in [0.5, 0.6) is 5.75 Å². The highest BCUT2D eigenvalue weighted by atomic mass is 16.5. The van der Waals surface area contributed by atoms with Crippen LogP contribution in [0.25, 0.3) is 0 Å². The molecule has 0 bridgehead atoms. The first-order valence-electron chi connectivity index (χ1n) is 6.36. The second-order valence-electron chi connectivity index (χ2n) is 4.61. The maximum absolute atomic E-state index is 12.0. The second-order valence-corrected chi connectivity index (χ2v) is 4.61. The third kappa shape index (κ3) is 3.71. The van der Waals surface area contributed by atoms with E-state index < -0.39 is 0 Å². The summed E-state index contributed by atoms with van der Waals surface area (Å²) < 4.78 is 10.5.